The maximum Gasteiger partial charge on any atom is 0.119 e. The van der Waals surface area contributed by atoms with Crippen molar-refractivity contribution in [3.63, 3.8) is 0 Å². The molecule has 4 atom stereocenters. The summed E-state index contributed by atoms with van der Waals surface area (Å²) in [5, 5.41) is 9.51. The highest BCUT2D eigenvalue weighted by Crippen LogP contribution is 2.31. The van der Waals surface area contributed by atoms with E-state index in [1.165, 1.54) is 17.5 Å². The fourth-order valence-corrected chi connectivity index (χ4v) is 4.97. The molecular weight excluding hydrogens is 408 g/mol. The van der Waals surface area contributed by atoms with Crippen LogP contribution >= 0.6 is 0 Å². The van der Waals surface area contributed by atoms with Gasteiger partial charge in [0.25, 0.3) is 0 Å². The molecule has 0 saturated heterocycles. The maximum atomic E-state index is 9.51. The Hall–Kier alpha value is -2.04. The predicted molar refractivity (Wildman–Crippen MR) is 143 cm³/mol. The van der Waals surface area contributed by atoms with Crippen molar-refractivity contribution in [2.75, 3.05) is 48.4 Å². The lowest BCUT2D eigenvalue weighted by molar-refractivity contribution is 0.301. The van der Waals surface area contributed by atoms with Crippen molar-refractivity contribution in [3.05, 3.63) is 59.7 Å². The molecule has 186 valence electrons. The number of rotatable bonds is 11. The van der Waals surface area contributed by atoms with Gasteiger partial charge in [-0.2, -0.15) is 0 Å². The van der Waals surface area contributed by atoms with Crippen molar-refractivity contribution in [2.45, 2.75) is 52.4 Å². The van der Waals surface area contributed by atoms with E-state index in [1.807, 2.05) is 18.2 Å². The Bertz CT molecular complexity index is 791. The Morgan fingerprint density at radius 2 is 1.21 bits per heavy atom. The average Bonchev–Trinajstić information content (AvgIpc) is 2.74. The van der Waals surface area contributed by atoms with Crippen LogP contribution in [0.25, 0.3) is 0 Å². The van der Waals surface area contributed by atoms with Crippen LogP contribution in [0.15, 0.2) is 48.5 Å². The molecule has 2 aromatic rings. The summed E-state index contributed by atoms with van der Waals surface area (Å²) in [7, 11) is 10.2. The van der Waals surface area contributed by atoms with Gasteiger partial charge in [-0.3, -0.25) is 0 Å². The minimum Gasteiger partial charge on any atom is -0.508 e. The van der Waals surface area contributed by atoms with Gasteiger partial charge in [-0.05, 0) is 100 Å². The first-order valence-corrected chi connectivity index (χ1v) is 12.3. The van der Waals surface area contributed by atoms with Crippen LogP contribution in [0.4, 0.5) is 0 Å². The first kappa shape index (κ1) is 29.0. The normalized spacial score (nSPS) is 14.9. The van der Waals surface area contributed by atoms with Crippen LogP contribution in [-0.2, 0) is 0 Å². The van der Waals surface area contributed by atoms with E-state index in [0.29, 0.717) is 29.4 Å². The van der Waals surface area contributed by atoms with Crippen molar-refractivity contribution in [1.82, 2.24) is 9.80 Å². The Labute approximate surface area is 203 Å². The first-order chi connectivity index (χ1) is 15.6. The third kappa shape index (κ3) is 10.2. The quantitative estimate of drug-likeness (QED) is 0.420. The highest BCUT2D eigenvalue weighted by molar-refractivity contribution is 5.31. The van der Waals surface area contributed by atoms with Gasteiger partial charge >= 0.3 is 0 Å². The fourth-order valence-electron chi connectivity index (χ4n) is 4.97. The van der Waals surface area contributed by atoms with E-state index in [0.717, 1.165) is 25.3 Å². The maximum absolute atomic E-state index is 9.51. The summed E-state index contributed by atoms with van der Waals surface area (Å²) in [5.74, 6) is 3.71. The molecule has 4 unspecified atom stereocenters. The minimum atomic E-state index is 0.369. The van der Waals surface area contributed by atoms with E-state index in [4.69, 9.17) is 4.74 Å². The van der Waals surface area contributed by atoms with Crippen molar-refractivity contribution in [1.29, 1.82) is 0 Å². The number of methoxy groups -OCH3 is 1. The molecule has 2 rings (SSSR count). The lowest BCUT2D eigenvalue weighted by atomic mass is 9.85. The highest BCUT2D eigenvalue weighted by Gasteiger charge is 2.19. The van der Waals surface area contributed by atoms with Gasteiger partial charge in [-0.1, -0.05) is 52.0 Å². The van der Waals surface area contributed by atoms with Gasteiger partial charge in [0.1, 0.15) is 11.5 Å². The number of phenolic OH excluding ortho intramolecular Hbond substituents is 1. The Kier molecular flexibility index (Phi) is 13.2. The zero-order valence-corrected chi connectivity index (χ0v) is 22.5. The predicted octanol–water partition coefficient (Wildman–Crippen LogP) is 6.47. The molecule has 0 aromatic heterocycles. The lowest BCUT2D eigenvalue weighted by Gasteiger charge is -2.26. The second-order valence-corrected chi connectivity index (χ2v) is 9.88. The van der Waals surface area contributed by atoms with Gasteiger partial charge in [0, 0.05) is 13.1 Å². The molecule has 0 heterocycles. The number of phenols is 1. The van der Waals surface area contributed by atoms with E-state index in [2.05, 4.69) is 90.0 Å². The summed E-state index contributed by atoms with van der Waals surface area (Å²) in [5.41, 5.74) is 2.64. The number of hydrogen-bond acceptors (Lipinski definition) is 4. The molecule has 0 aliphatic heterocycles. The number of aromatic hydroxyl groups is 1. The van der Waals surface area contributed by atoms with Gasteiger partial charge < -0.3 is 19.6 Å². The third-order valence-electron chi connectivity index (χ3n) is 6.38. The van der Waals surface area contributed by atoms with Crippen LogP contribution in [0.3, 0.4) is 0 Å². The van der Waals surface area contributed by atoms with Gasteiger partial charge in [0.2, 0.25) is 0 Å². The number of ether oxygens (including phenoxy) is 1. The van der Waals surface area contributed by atoms with Crippen LogP contribution in [0.1, 0.15) is 63.5 Å². The van der Waals surface area contributed by atoms with Gasteiger partial charge in [-0.15, -0.1) is 0 Å². The van der Waals surface area contributed by atoms with E-state index < -0.39 is 0 Å². The molecule has 0 aliphatic carbocycles. The third-order valence-corrected chi connectivity index (χ3v) is 6.38. The van der Waals surface area contributed by atoms with Crippen LogP contribution in [0.2, 0.25) is 0 Å². The zero-order valence-electron chi connectivity index (χ0n) is 22.5. The summed E-state index contributed by atoms with van der Waals surface area (Å²) in [6.07, 6.45) is 2.28. The minimum absolute atomic E-state index is 0.369. The fraction of sp³-hybridized carbons (Fsp3) is 0.586. The largest absolute Gasteiger partial charge is 0.508 e. The lowest BCUT2D eigenvalue weighted by Crippen LogP contribution is -2.24. The molecule has 0 fully saturated rings. The summed E-state index contributed by atoms with van der Waals surface area (Å²) >= 11 is 0. The summed E-state index contributed by atoms with van der Waals surface area (Å²) in [6, 6.07) is 16.1. The smallest absolute Gasteiger partial charge is 0.119 e. The van der Waals surface area contributed by atoms with E-state index in [-0.39, 0.29) is 0 Å². The van der Waals surface area contributed by atoms with Gasteiger partial charge in [0.15, 0.2) is 0 Å². The number of nitrogens with zero attached hydrogens (tertiary/aromatic N) is 2. The molecule has 0 saturated carbocycles. The topological polar surface area (TPSA) is 35.9 Å². The summed E-state index contributed by atoms with van der Waals surface area (Å²) < 4.78 is 5.30. The van der Waals surface area contributed by atoms with Crippen molar-refractivity contribution in [2.24, 2.45) is 11.8 Å². The molecule has 33 heavy (non-hydrogen) atoms. The summed E-state index contributed by atoms with van der Waals surface area (Å²) in [6.45, 7) is 11.3. The van der Waals surface area contributed by atoms with Crippen molar-refractivity contribution in [3.8, 4) is 11.5 Å². The van der Waals surface area contributed by atoms with Gasteiger partial charge in [0.05, 0.1) is 7.11 Å². The Morgan fingerprint density at radius 3 is 1.61 bits per heavy atom. The highest BCUT2D eigenvalue weighted by atomic mass is 16.5. The molecule has 0 aliphatic rings. The molecule has 1 N–H and O–H groups in total. The molecule has 4 heteroatoms. The Balaban J connectivity index is 0.000000331. The molecular formula is C29H48N2O2. The SMILES string of the molecule is CCC(c1cccc(O)c1)C(C)CN(C)C.CCC(c1cccc(OC)c1)C(C)CN(C)C. The van der Waals surface area contributed by atoms with Crippen molar-refractivity contribution >= 4 is 0 Å². The molecule has 0 spiro atoms. The number of hydrogen-bond donors (Lipinski definition) is 1. The molecule has 4 nitrogen and oxygen atoms in total. The molecule has 0 radical (unpaired) electrons. The second-order valence-electron chi connectivity index (χ2n) is 9.88. The first-order valence-electron chi connectivity index (χ1n) is 12.3. The van der Waals surface area contributed by atoms with Crippen molar-refractivity contribution < 1.29 is 9.84 Å². The monoisotopic (exact) mass is 456 g/mol. The van der Waals surface area contributed by atoms with Crippen LogP contribution in [0, 0.1) is 11.8 Å². The summed E-state index contributed by atoms with van der Waals surface area (Å²) in [4.78, 5) is 4.48. The van der Waals surface area contributed by atoms with Gasteiger partial charge in [-0.25, -0.2) is 0 Å². The zero-order chi connectivity index (χ0) is 25.0. The average molecular weight is 457 g/mol. The second kappa shape index (κ2) is 15.0. The molecule has 0 amide bonds. The van der Waals surface area contributed by atoms with E-state index in [1.54, 1.807) is 13.2 Å². The van der Waals surface area contributed by atoms with Crippen LogP contribution in [-0.4, -0.2) is 63.3 Å². The standard InChI is InChI=1S/C15H25NO.C14H23NO/c1-6-15(12(2)11-16(3)4)13-8-7-9-14(10-13)17-5;1-5-14(11(2)10-15(3)4)12-7-6-8-13(16)9-12/h7-10,12,15H,6,11H2,1-5H3;6-9,11,14,16H,5,10H2,1-4H3. The van der Waals surface area contributed by atoms with Crippen LogP contribution in [0.5, 0.6) is 11.5 Å². The molecule has 0 bridgehead atoms. The van der Waals surface area contributed by atoms with E-state index >= 15 is 0 Å². The Morgan fingerprint density at radius 1 is 0.758 bits per heavy atom. The van der Waals surface area contributed by atoms with Crippen LogP contribution < -0.4 is 4.74 Å². The number of benzene rings is 2. The van der Waals surface area contributed by atoms with E-state index in [9.17, 15) is 5.11 Å². The molecule has 2 aromatic carbocycles.